The molecule has 0 aromatic rings. The lowest BCUT2D eigenvalue weighted by Crippen LogP contribution is -2.41. The molecule has 0 N–H and O–H groups in total. The van der Waals surface area contributed by atoms with E-state index < -0.39 is 0 Å². The van der Waals surface area contributed by atoms with Crippen LogP contribution in [0.25, 0.3) is 0 Å². The van der Waals surface area contributed by atoms with Crippen LogP contribution in [0.5, 0.6) is 0 Å². The molecule has 1 saturated carbocycles. The van der Waals surface area contributed by atoms with Crippen molar-refractivity contribution < 1.29 is 0 Å². The van der Waals surface area contributed by atoms with Gasteiger partial charge in [-0.05, 0) is 51.1 Å². The molecule has 2 aliphatic rings. The van der Waals surface area contributed by atoms with Gasteiger partial charge < -0.3 is 0 Å². The Kier molecular flexibility index (Phi) is 12.1. The highest BCUT2D eigenvalue weighted by atomic mass is 15.2. The van der Waals surface area contributed by atoms with E-state index in [4.69, 9.17) is 0 Å². The zero-order valence-electron chi connectivity index (χ0n) is 16.0. The van der Waals surface area contributed by atoms with Crippen LogP contribution in [0.3, 0.4) is 0 Å². The van der Waals surface area contributed by atoms with Crippen LogP contribution in [-0.2, 0) is 0 Å². The van der Waals surface area contributed by atoms with Gasteiger partial charge in [-0.15, -0.1) is 0 Å². The molecule has 2 heteroatoms. The van der Waals surface area contributed by atoms with Gasteiger partial charge in [0, 0.05) is 30.9 Å². The molecule has 0 aromatic heterocycles. The highest BCUT2D eigenvalue weighted by Gasteiger charge is 2.25. The fourth-order valence-electron chi connectivity index (χ4n) is 2.96. The second kappa shape index (κ2) is 12.6. The van der Waals surface area contributed by atoms with Gasteiger partial charge in [0.05, 0.1) is 0 Å². The molecule has 2 nitrogen and oxygen atoms in total. The smallest absolute Gasteiger partial charge is 0.0334 e. The van der Waals surface area contributed by atoms with E-state index >= 15 is 0 Å². The maximum Gasteiger partial charge on any atom is 0.0334 e. The van der Waals surface area contributed by atoms with Gasteiger partial charge in [0.2, 0.25) is 0 Å². The molecule has 22 heavy (non-hydrogen) atoms. The first-order valence-corrected chi connectivity index (χ1v) is 9.28. The lowest BCUT2D eigenvalue weighted by molar-refractivity contribution is 0.147. The average molecular weight is 307 g/mol. The second-order valence-corrected chi connectivity index (χ2v) is 5.85. The minimum atomic E-state index is 0.468. The predicted molar refractivity (Wildman–Crippen MR) is 102 cm³/mol. The largest absolute Gasteiger partial charge is 0.297 e. The van der Waals surface area contributed by atoms with Crippen molar-refractivity contribution in [2.24, 2.45) is 10.9 Å². The molecule has 1 aliphatic carbocycles. The van der Waals surface area contributed by atoms with E-state index in [9.17, 15) is 0 Å². The number of aliphatic imine (C=N–C) groups is 1. The van der Waals surface area contributed by atoms with Crippen molar-refractivity contribution in [2.45, 2.75) is 85.7 Å². The van der Waals surface area contributed by atoms with Gasteiger partial charge in [-0.1, -0.05) is 46.8 Å². The molecule has 0 bridgehead atoms. The molecule has 1 atom stereocenters. The summed E-state index contributed by atoms with van der Waals surface area (Å²) < 4.78 is 0. The quantitative estimate of drug-likeness (QED) is 0.638. The summed E-state index contributed by atoms with van der Waals surface area (Å²) in [6, 6.07) is 1.22. The predicted octanol–water partition coefficient (Wildman–Crippen LogP) is 5.85. The Balaban J connectivity index is 0.00000102. The number of nitrogens with zero attached hydrogens (tertiary/aromatic N) is 2. The topological polar surface area (TPSA) is 15.6 Å². The van der Waals surface area contributed by atoms with Gasteiger partial charge in [0.25, 0.3) is 0 Å². The van der Waals surface area contributed by atoms with Crippen LogP contribution in [0.2, 0.25) is 0 Å². The Morgan fingerprint density at radius 2 is 1.68 bits per heavy atom. The van der Waals surface area contributed by atoms with E-state index in [1.165, 1.54) is 31.3 Å². The Hall–Kier alpha value is -0.890. The molecule has 0 amide bonds. The van der Waals surface area contributed by atoms with Crippen LogP contribution in [0.4, 0.5) is 0 Å². The summed E-state index contributed by atoms with van der Waals surface area (Å²) in [5.41, 5.74) is 1.34. The lowest BCUT2D eigenvalue weighted by atomic mass is 9.86. The highest BCUT2D eigenvalue weighted by molar-refractivity contribution is 5.61. The molecule has 128 valence electrons. The van der Waals surface area contributed by atoms with Gasteiger partial charge in [0.1, 0.15) is 0 Å². The van der Waals surface area contributed by atoms with E-state index in [1.54, 1.807) is 0 Å². The first-order chi connectivity index (χ1) is 10.7. The van der Waals surface area contributed by atoms with Gasteiger partial charge >= 0.3 is 0 Å². The van der Waals surface area contributed by atoms with Gasteiger partial charge in [-0.2, -0.15) is 0 Å². The lowest BCUT2D eigenvalue weighted by Gasteiger charge is -2.37. The molecular weight excluding hydrogens is 268 g/mol. The van der Waals surface area contributed by atoms with E-state index in [1.807, 2.05) is 40.1 Å². The summed E-state index contributed by atoms with van der Waals surface area (Å²) in [7, 11) is 2.27. The molecule has 0 aromatic carbocycles. The molecule has 1 fully saturated rings. The summed E-state index contributed by atoms with van der Waals surface area (Å²) in [6.45, 7) is 12.7. The van der Waals surface area contributed by atoms with Crippen LogP contribution in [0.1, 0.15) is 73.6 Å². The molecule has 2 rings (SSSR count). The van der Waals surface area contributed by atoms with E-state index in [0.29, 0.717) is 6.04 Å². The van der Waals surface area contributed by atoms with Gasteiger partial charge in [-0.3, -0.25) is 9.89 Å². The first-order valence-electron chi connectivity index (χ1n) is 9.28. The second-order valence-electron chi connectivity index (χ2n) is 5.85. The standard InChI is InChI=1S/C16H26N2.2C2H6/c1-13-7-9-16(10-8-13)18(3)14(2)15-6-4-5-11-17-12-15;2*1-2/h4,6,11-14,16H,5,7-10H2,1-3H3;2*1-2H3. The van der Waals surface area contributed by atoms with Crippen molar-refractivity contribution in [1.82, 2.24) is 4.90 Å². The van der Waals surface area contributed by atoms with Crippen LogP contribution in [0, 0.1) is 5.92 Å². The van der Waals surface area contributed by atoms with Crippen molar-refractivity contribution >= 4 is 6.21 Å². The SMILES string of the molecule is CC.CC.CC1CCC(N(C)C(C)C2=CN=CCC=C2)CC1. The fraction of sp³-hybridized carbons (Fsp3) is 0.750. The monoisotopic (exact) mass is 306 g/mol. The summed E-state index contributed by atoms with van der Waals surface area (Å²) in [5, 5.41) is 0. The summed E-state index contributed by atoms with van der Waals surface area (Å²) in [5.74, 6) is 0.923. The molecular formula is C20H38N2. The van der Waals surface area contributed by atoms with Crippen molar-refractivity contribution in [1.29, 1.82) is 0 Å². The van der Waals surface area contributed by atoms with Gasteiger partial charge in [-0.25, -0.2) is 0 Å². The number of likely N-dealkylation sites (N-methyl/N-ethyl adjacent to an activating group) is 1. The molecule has 1 aliphatic heterocycles. The minimum absolute atomic E-state index is 0.468. The normalized spacial score (nSPS) is 25.2. The van der Waals surface area contributed by atoms with Crippen molar-refractivity contribution in [3.05, 3.63) is 23.9 Å². The summed E-state index contributed by atoms with van der Waals surface area (Å²) >= 11 is 0. The number of hydrogen-bond acceptors (Lipinski definition) is 2. The molecule has 1 heterocycles. The van der Waals surface area contributed by atoms with Crippen LogP contribution < -0.4 is 0 Å². The van der Waals surface area contributed by atoms with E-state index in [2.05, 4.69) is 42.9 Å². The van der Waals surface area contributed by atoms with Crippen molar-refractivity contribution in [3.63, 3.8) is 0 Å². The number of hydrogen-bond donors (Lipinski definition) is 0. The zero-order valence-corrected chi connectivity index (χ0v) is 16.0. The summed E-state index contributed by atoms with van der Waals surface area (Å²) in [4.78, 5) is 6.88. The first kappa shape index (κ1) is 21.1. The third kappa shape index (κ3) is 6.91. The Bertz CT molecular complexity index is 347. The maximum absolute atomic E-state index is 4.34. The minimum Gasteiger partial charge on any atom is -0.297 e. The van der Waals surface area contributed by atoms with Crippen LogP contribution in [-0.4, -0.2) is 30.2 Å². The van der Waals surface area contributed by atoms with Crippen LogP contribution in [0.15, 0.2) is 28.9 Å². The zero-order chi connectivity index (χ0) is 17.0. The molecule has 0 spiro atoms. The molecule has 0 radical (unpaired) electrons. The number of allylic oxidation sites excluding steroid dienone is 1. The summed E-state index contributed by atoms with van der Waals surface area (Å²) in [6.07, 6.45) is 14.9. The van der Waals surface area contributed by atoms with Crippen LogP contribution >= 0.6 is 0 Å². The fourth-order valence-corrected chi connectivity index (χ4v) is 2.96. The van der Waals surface area contributed by atoms with Crippen molar-refractivity contribution in [2.75, 3.05) is 7.05 Å². The van der Waals surface area contributed by atoms with Crippen molar-refractivity contribution in [3.8, 4) is 0 Å². The highest BCUT2D eigenvalue weighted by Crippen LogP contribution is 2.28. The maximum atomic E-state index is 4.34. The Morgan fingerprint density at radius 1 is 1.09 bits per heavy atom. The molecule has 1 unspecified atom stereocenters. The Morgan fingerprint density at radius 3 is 2.27 bits per heavy atom. The third-order valence-electron chi connectivity index (χ3n) is 4.54. The Labute approximate surface area is 139 Å². The van der Waals surface area contributed by atoms with E-state index in [0.717, 1.165) is 18.4 Å². The van der Waals surface area contributed by atoms with E-state index in [-0.39, 0.29) is 0 Å². The number of rotatable bonds is 3. The van der Waals surface area contributed by atoms with Gasteiger partial charge in [0.15, 0.2) is 0 Å². The third-order valence-corrected chi connectivity index (χ3v) is 4.54. The molecule has 0 saturated heterocycles. The average Bonchev–Trinajstić information content (AvgIpc) is 2.87.